The van der Waals surface area contributed by atoms with Crippen LogP contribution in [0.4, 0.5) is 0 Å². The second kappa shape index (κ2) is 195. The van der Waals surface area contributed by atoms with Crippen LogP contribution >= 0.6 is 86.8 Å². The molecule has 0 unspecified atom stereocenters. The zero-order valence-electron chi connectivity index (χ0n) is 36.9. The van der Waals surface area contributed by atoms with E-state index in [9.17, 15) is 0 Å². The van der Waals surface area contributed by atoms with Gasteiger partial charge in [0.15, 0.2) is 0 Å². The first kappa shape index (κ1) is 210. The molecular formula is H24Cl7Na17. The van der Waals surface area contributed by atoms with Crippen LogP contribution in [0.1, 0.15) is 24.3 Å². The van der Waals surface area contributed by atoms with Crippen molar-refractivity contribution in [3.63, 3.8) is 0 Å². The zero-order valence-corrected chi connectivity index (χ0v) is 59.6. The van der Waals surface area contributed by atoms with Crippen LogP contribution in [0.5, 0.6) is 0 Å². The fourth-order valence-electron chi connectivity index (χ4n) is 0. The summed E-state index contributed by atoms with van der Waals surface area (Å²) in [4.78, 5) is 0. The molecule has 0 saturated heterocycles. The van der Waals surface area contributed by atoms with Gasteiger partial charge in [0.05, 0.1) is 0 Å². The van der Waals surface area contributed by atoms with E-state index in [2.05, 4.69) is 0 Å². The minimum absolute atomic E-state index is 0. The van der Waals surface area contributed by atoms with E-state index < -0.39 is 0 Å². The molecule has 0 aliphatic carbocycles. The van der Waals surface area contributed by atoms with Crippen LogP contribution in [0.25, 0.3) is 0 Å². The summed E-state index contributed by atoms with van der Waals surface area (Å²) in [7, 11) is 0. The van der Waals surface area contributed by atoms with Gasteiger partial charge in [-0.15, -0.1) is 86.8 Å². The second-order valence-electron chi connectivity index (χ2n) is 0. The Balaban J connectivity index is 0. The van der Waals surface area contributed by atoms with Gasteiger partial charge in [-0.25, -0.2) is 0 Å². The van der Waals surface area contributed by atoms with Gasteiger partial charge in [0.2, 0.25) is 0 Å². The molecule has 0 atom stereocenters. The third-order valence-electron chi connectivity index (χ3n) is 0. The number of hydrogen-bond acceptors (Lipinski definition) is 0. The molecule has 90 valence electrons. The molecule has 0 fully saturated rings. The van der Waals surface area contributed by atoms with E-state index in [0.29, 0.717) is 0 Å². The van der Waals surface area contributed by atoms with Gasteiger partial charge >= 0.3 is 502 Å². The molecular weight excluding hydrogens is 639 g/mol. The second-order valence-corrected chi connectivity index (χ2v) is 0. The fourth-order valence-corrected chi connectivity index (χ4v) is 0. The van der Waals surface area contributed by atoms with E-state index in [1.54, 1.807) is 0 Å². The van der Waals surface area contributed by atoms with E-state index in [1.807, 2.05) is 0 Å². The summed E-state index contributed by atoms with van der Waals surface area (Å²) in [6.45, 7) is 0. The molecule has 24 heavy (non-hydrogen) atoms. The summed E-state index contributed by atoms with van der Waals surface area (Å²) in [6.07, 6.45) is 0. The molecule has 24 heteroatoms. The number of rotatable bonds is 0. The molecule has 0 saturated carbocycles. The summed E-state index contributed by atoms with van der Waals surface area (Å²) in [6, 6.07) is 0. The molecule has 0 aliphatic rings. The van der Waals surface area contributed by atoms with Crippen LogP contribution < -0.4 is 502 Å². The topological polar surface area (TPSA) is 0 Å². The van der Waals surface area contributed by atoms with E-state index in [4.69, 9.17) is 0 Å². The molecule has 0 bridgehead atoms. The van der Waals surface area contributed by atoms with Gasteiger partial charge in [-0.3, -0.25) is 0 Å². The molecule has 0 amide bonds. The third-order valence-corrected chi connectivity index (χ3v) is 0. The van der Waals surface area contributed by atoms with Crippen molar-refractivity contribution in [1.82, 2.24) is 0 Å². The number of halogens is 7. The zero-order chi connectivity index (χ0) is 0. The van der Waals surface area contributed by atoms with Gasteiger partial charge in [-0.1, -0.05) is 0 Å². The smallest absolute Gasteiger partial charge is 1.00 e. The average molecular weight is 663 g/mol. The van der Waals surface area contributed by atoms with E-state index in [0.717, 1.165) is 0 Å². The summed E-state index contributed by atoms with van der Waals surface area (Å²) in [5.74, 6) is 0. The van der Waals surface area contributed by atoms with Crippen molar-refractivity contribution in [3.05, 3.63) is 0 Å². The summed E-state index contributed by atoms with van der Waals surface area (Å²) in [5.41, 5.74) is 0. The van der Waals surface area contributed by atoms with E-state index >= 15 is 0 Å². The van der Waals surface area contributed by atoms with Gasteiger partial charge in [-0.2, -0.15) is 0 Å². The molecule has 0 aromatic heterocycles. The summed E-state index contributed by atoms with van der Waals surface area (Å²) < 4.78 is 0. The Morgan fingerprint density at radius 3 is 0.125 bits per heavy atom. The first-order chi connectivity index (χ1) is 0. The van der Waals surface area contributed by atoms with Gasteiger partial charge in [-0.05, 0) is 0 Å². The average Bonchev–Trinajstić information content (AvgIpc) is 0. The first-order valence-corrected chi connectivity index (χ1v) is 0. The standard InChI is InChI=1S/7ClH.17Na.17H/h7*1H;;;;;;;;;;;;;;;;;;;;;;;;;;;;;;;;;;/q;;;;;;;17*+1;17*-1. The van der Waals surface area contributed by atoms with Crippen LogP contribution in [0, 0.1) is 0 Å². The predicted molar refractivity (Wildman–Crippen MR) is 69.6 cm³/mol. The normalized spacial score (nSPS) is 0. The van der Waals surface area contributed by atoms with Gasteiger partial charge in [0.25, 0.3) is 0 Å². The van der Waals surface area contributed by atoms with Crippen molar-refractivity contribution in [3.8, 4) is 0 Å². The Labute approximate surface area is 595 Å². The maximum absolute atomic E-state index is 0. The minimum Gasteiger partial charge on any atom is -1.00 e. The predicted octanol–water partition coefficient (Wildman–Crippen LogP) is -46.1. The van der Waals surface area contributed by atoms with Gasteiger partial charge in [0.1, 0.15) is 0 Å². The van der Waals surface area contributed by atoms with Gasteiger partial charge in [0, 0.05) is 0 Å². The summed E-state index contributed by atoms with van der Waals surface area (Å²) in [5, 5.41) is 0. The molecule has 0 aromatic rings. The molecule has 0 aliphatic heterocycles. The Morgan fingerprint density at radius 2 is 0.125 bits per heavy atom. The van der Waals surface area contributed by atoms with E-state index in [-0.39, 0.29) is 614 Å². The van der Waals surface area contributed by atoms with Crippen LogP contribution in [-0.4, -0.2) is 0 Å². The Kier molecular flexibility index (Phi) is 1710. The SMILES string of the molecule is Cl.Cl.Cl.Cl.Cl.Cl.Cl.[H-].[H-].[H-].[H-].[H-].[H-].[H-].[H-].[H-].[H-].[H-].[H-].[H-].[H-].[H-].[H-].[H-].[Na+].[Na+].[Na+].[Na+].[Na+].[Na+].[Na+].[Na+].[Na+].[Na+].[Na+].[Na+].[Na+].[Na+].[Na+].[Na+].[Na+]. The van der Waals surface area contributed by atoms with Crippen LogP contribution in [-0.2, 0) is 0 Å². The molecule has 0 N–H and O–H groups in total. The quantitative estimate of drug-likeness (QED) is 0.226. The van der Waals surface area contributed by atoms with E-state index in [1.165, 1.54) is 0 Å². The van der Waals surface area contributed by atoms with Crippen LogP contribution in [0.15, 0.2) is 0 Å². The van der Waals surface area contributed by atoms with Crippen molar-refractivity contribution in [1.29, 1.82) is 0 Å². The van der Waals surface area contributed by atoms with Gasteiger partial charge < -0.3 is 24.3 Å². The van der Waals surface area contributed by atoms with Crippen molar-refractivity contribution in [2.75, 3.05) is 0 Å². The third kappa shape index (κ3) is 182. The molecule has 0 spiro atoms. The monoisotopic (exact) mass is 660 g/mol. The minimum atomic E-state index is 0. The van der Waals surface area contributed by atoms with Crippen LogP contribution in [0.2, 0.25) is 0 Å². The van der Waals surface area contributed by atoms with Crippen molar-refractivity contribution >= 4 is 86.8 Å². The molecule has 0 radical (unpaired) electrons. The molecule has 0 aromatic carbocycles. The maximum atomic E-state index is 0. The Morgan fingerprint density at radius 1 is 0.125 bits per heavy atom. The molecule has 0 rings (SSSR count). The largest absolute Gasteiger partial charge is 1.00 e. The number of hydrogen-bond donors (Lipinski definition) is 0. The maximum Gasteiger partial charge on any atom is 1.00 e. The van der Waals surface area contributed by atoms with Crippen molar-refractivity contribution in [2.45, 2.75) is 0 Å². The van der Waals surface area contributed by atoms with Crippen LogP contribution in [0.3, 0.4) is 0 Å². The Hall–Kier alpha value is 19.0. The first-order valence-electron chi connectivity index (χ1n) is 0. The molecule has 0 heterocycles. The van der Waals surface area contributed by atoms with Crippen molar-refractivity contribution < 1.29 is 527 Å². The summed E-state index contributed by atoms with van der Waals surface area (Å²) >= 11 is 0. The fraction of sp³-hybridized carbons (Fsp3) is 0. The Bertz CT molecular complexity index is 61.0. The molecule has 0 nitrogen and oxygen atoms in total. The van der Waals surface area contributed by atoms with Crippen molar-refractivity contribution in [2.24, 2.45) is 0 Å².